The maximum Gasteiger partial charge on any atom is 0.306 e. The number of nitrogens with zero attached hydrogens (tertiary/aromatic N) is 2. The van der Waals surface area contributed by atoms with Crippen LogP contribution in [-0.4, -0.2) is 41.1 Å². The van der Waals surface area contributed by atoms with Crippen LogP contribution in [-0.2, 0) is 4.79 Å². The van der Waals surface area contributed by atoms with Crippen LogP contribution in [0.1, 0.15) is 61.5 Å². The zero-order valence-corrected chi connectivity index (χ0v) is 15.7. The molecule has 0 radical (unpaired) electrons. The van der Waals surface area contributed by atoms with Crippen LogP contribution >= 0.6 is 0 Å². The molecule has 0 spiro atoms. The fourth-order valence-corrected chi connectivity index (χ4v) is 4.19. The molecule has 0 bridgehead atoms. The largest absolute Gasteiger partial charge is 0.481 e. The quantitative estimate of drug-likeness (QED) is 0.863. The van der Waals surface area contributed by atoms with E-state index in [9.17, 15) is 14.7 Å². The van der Waals surface area contributed by atoms with Gasteiger partial charge in [-0.3, -0.25) is 9.59 Å². The Morgan fingerprint density at radius 3 is 2.54 bits per heavy atom. The highest BCUT2D eigenvalue weighted by atomic mass is 16.4. The van der Waals surface area contributed by atoms with Gasteiger partial charge in [-0.25, -0.2) is 4.98 Å². The van der Waals surface area contributed by atoms with Crippen LogP contribution in [0.2, 0.25) is 0 Å². The fraction of sp³-hybridized carbons (Fsp3) is 0.650. The van der Waals surface area contributed by atoms with E-state index in [2.05, 4.69) is 15.2 Å². The molecule has 2 heterocycles. The van der Waals surface area contributed by atoms with E-state index >= 15 is 0 Å². The summed E-state index contributed by atoms with van der Waals surface area (Å²) in [4.78, 5) is 30.6. The van der Waals surface area contributed by atoms with Crippen LogP contribution in [0.4, 0.5) is 5.82 Å². The van der Waals surface area contributed by atoms with Crippen LogP contribution in [0.15, 0.2) is 12.1 Å². The second-order valence-electron chi connectivity index (χ2n) is 7.77. The number of aliphatic carboxylic acids is 1. The van der Waals surface area contributed by atoms with Crippen LogP contribution in [0.5, 0.6) is 0 Å². The number of hydrogen-bond acceptors (Lipinski definition) is 4. The van der Waals surface area contributed by atoms with Gasteiger partial charge in [-0.1, -0.05) is 26.2 Å². The molecule has 2 atom stereocenters. The standard InChI is InChI=1S/C20H29N3O3/c1-13-12-23(11-10-16(13)20(25)26)18-9-8-17(14(2)21-18)19(24)22-15-6-4-3-5-7-15/h8-9,13,15-16H,3-7,10-12H2,1-2H3,(H,22,24)(H,25,26). The number of piperidine rings is 1. The summed E-state index contributed by atoms with van der Waals surface area (Å²) in [5, 5.41) is 12.4. The highest BCUT2D eigenvalue weighted by Crippen LogP contribution is 2.27. The first-order chi connectivity index (χ1) is 12.5. The number of carboxylic acids is 1. The van der Waals surface area contributed by atoms with Gasteiger partial charge in [-0.15, -0.1) is 0 Å². The number of carbonyl (C=O) groups excluding carboxylic acids is 1. The summed E-state index contributed by atoms with van der Waals surface area (Å²) in [5.41, 5.74) is 1.36. The number of anilines is 1. The molecule has 1 amide bonds. The third-order valence-corrected chi connectivity index (χ3v) is 5.80. The second kappa shape index (κ2) is 8.06. The summed E-state index contributed by atoms with van der Waals surface area (Å²) in [7, 11) is 0. The van der Waals surface area contributed by atoms with Crippen LogP contribution in [0, 0.1) is 18.8 Å². The van der Waals surface area contributed by atoms with Gasteiger partial charge in [-0.2, -0.15) is 0 Å². The lowest BCUT2D eigenvalue weighted by molar-refractivity contribution is -0.144. The van der Waals surface area contributed by atoms with Crippen molar-refractivity contribution >= 4 is 17.7 Å². The van der Waals surface area contributed by atoms with E-state index in [4.69, 9.17) is 0 Å². The lowest BCUT2D eigenvalue weighted by Gasteiger charge is -2.35. The average Bonchev–Trinajstić information content (AvgIpc) is 2.62. The van der Waals surface area contributed by atoms with Crippen molar-refractivity contribution < 1.29 is 14.7 Å². The van der Waals surface area contributed by atoms with Crippen molar-refractivity contribution in [2.45, 2.75) is 58.4 Å². The van der Waals surface area contributed by atoms with Gasteiger partial charge in [0.2, 0.25) is 0 Å². The molecule has 2 fully saturated rings. The zero-order valence-electron chi connectivity index (χ0n) is 15.7. The molecular formula is C20H29N3O3. The van der Waals surface area contributed by atoms with E-state index in [1.54, 1.807) is 0 Å². The summed E-state index contributed by atoms with van der Waals surface area (Å²) in [6.45, 7) is 5.20. The number of carbonyl (C=O) groups is 2. The molecule has 6 heteroatoms. The van der Waals surface area contributed by atoms with Gasteiger partial charge in [0.25, 0.3) is 5.91 Å². The minimum Gasteiger partial charge on any atom is -0.481 e. The summed E-state index contributed by atoms with van der Waals surface area (Å²) in [6.07, 6.45) is 6.39. The maximum atomic E-state index is 12.6. The summed E-state index contributed by atoms with van der Waals surface area (Å²) in [5.74, 6) is -0.125. The number of carboxylic acid groups (broad SMARTS) is 1. The van der Waals surface area contributed by atoms with Crippen molar-refractivity contribution in [3.63, 3.8) is 0 Å². The molecule has 2 unspecified atom stereocenters. The first-order valence-electron chi connectivity index (χ1n) is 9.72. The SMILES string of the molecule is Cc1nc(N2CCC(C(=O)O)C(C)C2)ccc1C(=O)NC1CCCCC1. The monoisotopic (exact) mass is 359 g/mol. The van der Waals surface area contributed by atoms with Gasteiger partial charge in [0.1, 0.15) is 5.82 Å². The third kappa shape index (κ3) is 4.17. The van der Waals surface area contributed by atoms with Crippen molar-refractivity contribution in [1.29, 1.82) is 0 Å². The normalized spacial score (nSPS) is 24.3. The predicted octanol–water partition coefficient (Wildman–Crippen LogP) is 3.00. The Hall–Kier alpha value is -2.11. The zero-order chi connectivity index (χ0) is 18.7. The van der Waals surface area contributed by atoms with Gasteiger partial charge < -0.3 is 15.3 Å². The lowest BCUT2D eigenvalue weighted by Crippen LogP contribution is -2.42. The highest BCUT2D eigenvalue weighted by molar-refractivity contribution is 5.95. The van der Waals surface area contributed by atoms with Gasteiger partial charge in [0, 0.05) is 19.1 Å². The third-order valence-electron chi connectivity index (χ3n) is 5.80. The first-order valence-corrected chi connectivity index (χ1v) is 9.72. The molecule has 1 aromatic heterocycles. The smallest absolute Gasteiger partial charge is 0.306 e. The van der Waals surface area contributed by atoms with Crippen LogP contribution < -0.4 is 10.2 Å². The first kappa shape index (κ1) is 18.7. The van der Waals surface area contributed by atoms with Crippen molar-refractivity contribution in [2.75, 3.05) is 18.0 Å². The molecule has 6 nitrogen and oxygen atoms in total. The highest BCUT2D eigenvalue weighted by Gasteiger charge is 2.31. The van der Waals surface area contributed by atoms with Gasteiger partial charge in [0.05, 0.1) is 17.2 Å². The minimum absolute atomic E-state index is 0.0357. The Kier molecular flexibility index (Phi) is 5.79. The summed E-state index contributed by atoms with van der Waals surface area (Å²) >= 11 is 0. The minimum atomic E-state index is -0.712. The van der Waals surface area contributed by atoms with Crippen molar-refractivity contribution in [3.8, 4) is 0 Å². The molecule has 142 valence electrons. The van der Waals surface area contributed by atoms with E-state index in [0.29, 0.717) is 25.1 Å². The number of nitrogens with one attached hydrogen (secondary N) is 1. The molecule has 1 saturated carbocycles. The predicted molar refractivity (Wildman–Crippen MR) is 100 cm³/mol. The van der Waals surface area contributed by atoms with Gasteiger partial charge in [0.15, 0.2) is 0 Å². The lowest BCUT2D eigenvalue weighted by atomic mass is 9.87. The molecule has 2 N–H and O–H groups in total. The number of aryl methyl sites for hydroxylation is 1. The van der Waals surface area contributed by atoms with Gasteiger partial charge >= 0.3 is 5.97 Å². The van der Waals surface area contributed by atoms with E-state index in [1.807, 2.05) is 26.0 Å². The molecule has 1 aliphatic carbocycles. The molecule has 26 heavy (non-hydrogen) atoms. The molecule has 3 rings (SSSR count). The van der Waals surface area contributed by atoms with Crippen molar-refractivity contribution in [3.05, 3.63) is 23.4 Å². The average molecular weight is 359 g/mol. The summed E-state index contributed by atoms with van der Waals surface area (Å²) in [6, 6.07) is 4.02. The molecule has 1 saturated heterocycles. The number of hydrogen-bond donors (Lipinski definition) is 2. The number of aromatic nitrogens is 1. The van der Waals surface area contributed by atoms with E-state index in [1.165, 1.54) is 19.3 Å². The Morgan fingerprint density at radius 1 is 1.19 bits per heavy atom. The molecule has 2 aliphatic rings. The Balaban J connectivity index is 1.65. The second-order valence-corrected chi connectivity index (χ2v) is 7.77. The van der Waals surface area contributed by atoms with Crippen molar-refractivity contribution in [2.24, 2.45) is 11.8 Å². The maximum absolute atomic E-state index is 12.6. The van der Waals surface area contributed by atoms with Crippen molar-refractivity contribution in [1.82, 2.24) is 10.3 Å². The van der Waals surface area contributed by atoms with Crippen LogP contribution in [0.3, 0.4) is 0 Å². The molecule has 0 aromatic carbocycles. The van der Waals surface area contributed by atoms with Gasteiger partial charge in [-0.05, 0) is 44.2 Å². The molecule has 1 aliphatic heterocycles. The fourth-order valence-electron chi connectivity index (χ4n) is 4.19. The Bertz CT molecular complexity index is 670. The Morgan fingerprint density at radius 2 is 1.92 bits per heavy atom. The number of rotatable bonds is 4. The van der Waals surface area contributed by atoms with Crippen LogP contribution in [0.25, 0.3) is 0 Å². The van der Waals surface area contributed by atoms with E-state index < -0.39 is 5.97 Å². The number of pyridine rings is 1. The molecule has 1 aromatic rings. The topological polar surface area (TPSA) is 82.5 Å². The number of amides is 1. The summed E-state index contributed by atoms with van der Waals surface area (Å²) < 4.78 is 0. The van der Waals surface area contributed by atoms with E-state index in [-0.39, 0.29) is 23.8 Å². The Labute approximate surface area is 155 Å². The molecular weight excluding hydrogens is 330 g/mol. The van der Waals surface area contributed by atoms with E-state index in [0.717, 1.165) is 24.4 Å².